The van der Waals surface area contributed by atoms with Gasteiger partial charge in [0.05, 0.1) is 11.8 Å². The molecule has 1 saturated heterocycles. The molecule has 1 aromatic heterocycles. The van der Waals surface area contributed by atoms with Crippen LogP contribution in [0.5, 0.6) is 5.88 Å². The maximum Gasteiger partial charge on any atom is 0.408 e. The topological polar surface area (TPSA) is 173 Å². The standard InChI is InChI=1S/C38H55N5O8S/c1-12-18-38(11,33(46)42-52(48,49)26-14-15-26)41-30(44)28-21-25(50-31-27-16-13-24(35(2,3)4)20-23(27)17-19-39-31)22-43(28)32(45)29(36(5,6)7)40-34(47)51-37(8,9)10/h12-13,16-17,19-20,25-26,28-29H,1,14-15,18,21-22H2,2-11H3,(H,40,47)(H,41,44)(H,42,46)/t25-,28+,29-,38-/m1/s1. The van der Waals surface area contributed by atoms with E-state index in [1.165, 1.54) is 17.9 Å². The molecule has 3 N–H and O–H groups in total. The molecular weight excluding hydrogens is 687 g/mol. The van der Waals surface area contributed by atoms with E-state index < -0.39 is 73.8 Å². The number of fused-ring (bicyclic) bond motifs is 1. The first-order valence-corrected chi connectivity index (χ1v) is 19.2. The number of carbonyl (C=O) groups is 4. The fraction of sp³-hybridized carbons (Fsp3) is 0.605. The Balaban J connectivity index is 1.68. The van der Waals surface area contributed by atoms with Crippen molar-refractivity contribution in [3.05, 3.63) is 48.7 Å². The number of hydrogen-bond acceptors (Lipinski definition) is 9. The van der Waals surface area contributed by atoms with Gasteiger partial charge in [0.15, 0.2) is 0 Å². The Morgan fingerprint density at radius 3 is 2.23 bits per heavy atom. The van der Waals surface area contributed by atoms with Gasteiger partial charge in [-0.1, -0.05) is 59.8 Å². The SMILES string of the molecule is C=CC[C@@](C)(NC(=O)[C@@H]1C[C@@H](Oc2nccc3cc(C(C)(C)C)ccc23)CN1C(=O)[C@@H](NC(=O)OC(C)(C)C)C(C)(C)C)C(=O)NS(=O)(=O)C1CC1. The summed E-state index contributed by atoms with van der Waals surface area (Å²) in [5.74, 6) is -1.84. The number of carbonyl (C=O) groups excluding carboxylic acids is 4. The van der Waals surface area contributed by atoms with E-state index in [1.807, 2.05) is 18.2 Å². The summed E-state index contributed by atoms with van der Waals surface area (Å²) in [5.41, 5.74) is -2.30. The predicted molar refractivity (Wildman–Crippen MR) is 199 cm³/mol. The van der Waals surface area contributed by atoms with Gasteiger partial charge in [-0.2, -0.15) is 0 Å². The fourth-order valence-electron chi connectivity index (χ4n) is 6.03. The first-order chi connectivity index (χ1) is 23.8. The van der Waals surface area contributed by atoms with E-state index in [9.17, 15) is 27.6 Å². The number of benzene rings is 1. The molecule has 4 atom stereocenters. The van der Waals surface area contributed by atoms with E-state index in [0.717, 1.165) is 16.3 Å². The second-order valence-electron chi connectivity index (χ2n) is 17.2. The maximum atomic E-state index is 14.5. The van der Waals surface area contributed by atoms with Crippen LogP contribution in [0.25, 0.3) is 10.8 Å². The number of nitrogens with one attached hydrogen (secondary N) is 3. The molecule has 0 radical (unpaired) electrons. The van der Waals surface area contributed by atoms with Gasteiger partial charge >= 0.3 is 6.09 Å². The molecule has 0 spiro atoms. The third kappa shape index (κ3) is 9.81. The third-order valence-electron chi connectivity index (χ3n) is 9.15. The van der Waals surface area contributed by atoms with Gasteiger partial charge in [0.25, 0.3) is 5.91 Å². The molecule has 1 aromatic carbocycles. The molecule has 13 nitrogen and oxygen atoms in total. The number of aromatic nitrogens is 1. The summed E-state index contributed by atoms with van der Waals surface area (Å²) in [6.07, 6.45) is 2.36. The van der Waals surface area contributed by atoms with Crippen molar-refractivity contribution in [1.82, 2.24) is 25.2 Å². The van der Waals surface area contributed by atoms with E-state index in [4.69, 9.17) is 9.47 Å². The van der Waals surface area contributed by atoms with E-state index >= 15 is 0 Å². The fourth-order valence-corrected chi connectivity index (χ4v) is 7.44. The van der Waals surface area contributed by atoms with Crippen molar-refractivity contribution in [2.24, 2.45) is 5.41 Å². The van der Waals surface area contributed by atoms with Gasteiger partial charge in [-0.3, -0.25) is 19.1 Å². The number of nitrogens with zero attached hydrogens (tertiary/aromatic N) is 2. The number of hydrogen-bond donors (Lipinski definition) is 3. The van der Waals surface area contributed by atoms with Crippen molar-refractivity contribution in [2.75, 3.05) is 6.54 Å². The molecule has 2 aliphatic rings. The summed E-state index contributed by atoms with van der Waals surface area (Å²) in [6, 6.07) is 5.65. The normalized spacial score (nSPS) is 20.0. The van der Waals surface area contributed by atoms with Crippen molar-refractivity contribution < 1.29 is 37.1 Å². The van der Waals surface area contributed by atoms with Crippen LogP contribution in [0.2, 0.25) is 0 Å². The number of amides is 4. The lowest BCUT2D eigenvalue weighted by atomic mass is 9.85. The zero-order valence-electron chi connectivity index (χ0n) is 32.1. The summed E-state index contributed by atoms with van der Waals surface area (Å²) in [6.45, 7) is 21.9. The molecule has 286 valence electrons. The molecule has 4 amide bonds. The van der Waals surface area contributed by atoms with Crippen LogP contribution in [0.3, 0.4) is 0 Å². The molecule has 1 aliphatic carbocycles. The Morgan fingerprint density at radius 1 is 1.02 bits per heavy atom. The number of sulfonamides is 1. The smallest absolute Gasteiger partial charge is 0.408 e. The molecule has 1 saturated carbocycles. The Kier molecular flexibility index (Phi) is 11.4. The number of rotatable bonds is 11. The van der Waals surface area contributed by atoms with E-state index in [2.05, 4.69) is 53.8 Å². The van der Waals surface area contributed by atoms with E-state index in [1.54, 1.807) is 47.7 Å². The molecule has 0 unspecified atom stereocenters. The van der Waals surface area contributed by atoms with Crippen LogP contribution >= 0.6 is 0 Å². The van der Waals surface area contributed by atoms with Gasteiger partial charge in [-0.25, -0.2) is 18.2 Å². The van der Waals surface area contributed by atoms with Gasteiger partial charge in [-0.05, 0) is 80.9 Å². The van der Waals surface area contributed by atoms with Crippen LogP contribution in [0.15, 0.2) is 43.1 Å². The van der Waals surface area contributed by atoms with Gasteiger partial charge in [-0.15, -0.1) is 6.58 Å². The van der Waals surface area contributed by atoms with Crippen molar-refractivity contribution in [3.63, 3.8) is 0 Å². The third-order valence-corrected chi connectivity index (χ3v) is 11.0. The van der Waals surface area contributed by atoms with Gasteiger partial charge < -0.3 is 25.0 Å². The quantitative estimate of drug-likeness (QED) is 0.272. The molecule has 4 rings (SSSR count). The number of likely N-dealkylation sites (tertiary alicyclic amines) is 1. The van der Waals surface area contributed by atoms with E-state index in [0.29, 0.717) is 18.7 Å². The second-order valence-corrected chi connectivity index (χ2v) is 19.2. The average Bonchev–Trinajstić information content (AvgIpc) is 3.78. The van der Waals surface area contributed by atoms with Crippen LogP contribution in [-0.4, -0.2) is 83.2 Å². The average molecular weight is 742 g/mol. The minimum absolute atomic E-state index is 0.0190. The summed E-state index contributed by atoms with van der Waals surface area (Å²) in [7, 11) is -3.92. The zero-order valence-corrected chi connectivity index (χ0v) is 32.9. The van der Waals surface area contributed by atoms with Gasteiger partial charge in [0.2, 0.25) is 27.7 Å². The highest BCUT2D eigenvalue weighted by Crippen LogP contribution is 2.33. The van der Waals surface area contributed by atoms with Gasteiger partial charge in [0, 0.05) is 18.0 Å². The van der Waals surface area contributed by atoms with E-state index in [-0.39, 0.29) is 24.8 Å². The van der Waals surface area contributed by atoms with Crippen molar-refractivity contribution >= 4 is 44.6 Å². The van der Waals surface area contributed by atoms with Crippen LogP contribution in [0.1, 0.15) is 100 Å². The molecule has 52 heavy (non-hydrogen) atoms. The summed E-state index contributed by atoms with van der Waals surface area (Å²) >= 11 is 0. The first kappa shape index (κ1) is 40.6. The van der Waals surface area contributed by atoms with Crippen molar-refractivity contribution in [3.8, 4) is 5.88 Å². The van der Waals surface area contributed by atoms with Crippen LogP contribution in [0.4, 0.5) is 4.79 Å². The molecule has 14 heteroatoms. The highest BCUT2D eigenvalue weighted by molar-refractivity contribution is 7.91. The Bertz CT molecular complexity index is 1820. The van der Waals surface area contributed by atoms with Gasteiger partial charge in [0.1, 0.15) is 29.3 Å². The van der Waals surface area contributed by atoms with Crippen LogP contribution < -0.4 is 20.1 Å². The zero-order chi connectivity index (χ0) is 39.0. The summed E-state index contributed by atoms with van der Waals surface area (Å²) in [4.78, 5) is 60.9. The monoisotopic (exact) mass is 741 g/mol. The largest absolute Gasteiger partial charge is 0.472 e. The highest BCUT2D eigenvalue weighted by atomic mass is 32.2. The highest BCUT2D eigenvalue weighted by Gasteiger charge is 2.49. The molecule has 2 fully saturated rings. The lowest BCUT2D eigenvalue weighted by Gasteiger charge is -2.36. The molecular formula is C38H55N5O8S. The summed E-state index contributed by atoms with van der Waals surface area (Å²) < 4.78 is 39.4. The molecule has 0 bridgehead atoms. The molecule has 2 heterocycles. The number of alkyl carbamates (subject to hydrolysis) is 1. The second kappa shape index (κ2) is 14.7. The molecule has 2 aromatic rings. The summed E-state index contributed by atoms with van der Waals surface area (Å²) in [5, 5.41) is 6.44. The Hall–Kier alpha value is -4.20. The maximum absolute atomic E-state index is 14.5. The minimum Gasteiger partial charge on any atom is -0.472 e. The molecule has 1 aliphatic heterocycles. The lowest BCUT2D eigenvalue weighted by Crippen LogP contribution is -2.62. The van der Waals surface area contributed by atoms with Crippen molar-refractivity contribution in [1.29, 1.82) is 0 Å². The van der Waals surface area contributed by atoms with Crippen LogP contribution in [0, 0.1) is 5.41 Å². The Labute approximate surface area is 307 Å². The number of ether oxygens (including phenoxy) is 2. The lowest BCUT2D eigenvalue weighted by molar-refractivity contribution is -0.143. The first-order valence-electron chi connectivity index (χ1n) is 17.7. The number of pyridine rings is 1. The van der Waals surface area contributed by atoms with Crippen molar-refractivity contribution in [2.45, 2.75) is 135 Å². The van der Waals surface area contributed by atoms with Crippen LogP contribution in [-0.2, 0) is 34.6 Å². The predicted octanol–water partition coefficient (Wildman–Crippen LogP) is 4.88. The Morgan fingerprint density at radius 2 is 1.67 bits per heavy atom. The minimum atomic E-state index is -3.92.